The zero-order chi connectivity index (χ0) is 14.2. The number of aromatic nitrogens is 1. The Hall–Kier alpha value is -1.62. The van der Waals surface area contributed by atoms with Crippen LogP contribution in [0.25, 0.3) is 0 Å². The summed E-state index contributed by atoms with van der Waals surface area (Å²) in [5, 5.41) is 6.23. The fourth-order valence-corrected chi connectivity index (χ4v) is 2.59. The number of nitrogens with two attached hydrogens (primary N) is 1. The lowest BCUT2D eigenvalue weighted by atomic mass is 9.85. The van der Waals surface area contributed by atoms with Gasteiger partial charge < -0.3 is 16.4 Å². The predicted molar refractivity (Wildman–Crippen MR) is 80.3 cm³/mol. The van der Waals surface area contributed by atoms with Crippen molar-refractivity contribution in [1.29, 1.82) is 0 Å². The Morgan fingerprint density at radius 2 is 2.25 bits per heavy atom. The number of rotatable bonds is 6. The summed E-state index contributed by atoms with van der Waals surface area (Å²) in [5.74, 6) is 1.15. The second-order valence-corrected chi connectivity index (χ2v) is 5.41. The standard InChI is InChI=1S/C15H24N4O/c16-13-6-3-5-12(11-13)15(20)19-10-4-9-18-14-7-1-2-8-17-14/h1-2,7-8,12-13H,3-6,9-11,16H2,(H,17,18)(H,19,20). The Labute approximate surface area is 120 Å². The van der Waals surface area contributed by atoms with Crippen LogP contribution in [0.5, 0.6) is 0 Å². The second kappa shape index (κ2) is 7.85. The highest BCUT2D eigenvalue weighted by Gasteiger charge is 2.24. The SMILES string of the molecule is NC1CCCC(C(=O)NCCCNc2ccccn2)C1. The summed E-state index contributed by atoms with van der Waals surface area (Å²) >= 11 is 0. The highest BCUT2D eigenvalue weighted by molar-refractivity contribution is 5.78. The van der Waals surface area contributed by atoms with E-state index < -0.39 is 0 Å². The van der Waals surface area contributed by atoms with Crippen molar-refractivity contribution in [2.45, 2.75) is 38.1 Å². The minimum Gasteiger partial charge on any atom is -0.370 e. The number of nitrogens with zero attached hydrogens (tertiary/aromatic N) is 1. The molecule has 0 saturated heterocycles. The van der Waals surface area contributed by atoms with Gasteiger partial charge in [0.2, 0.25) is 5.91 Å². The number of carbonyl (C=O) groups is 1. The van der Waals surface area contributed by atoms with Crippen LogP contribution in [0, 0.1) is 5.92 Å². The van der Waals surface area contributed by atoms with Crippen LogP contribution in [0.15, 0.2) is 24.4 Å². The fourth-order valence-electron chi connectivity index (χ4n) is 2.59. The first kappa shape index (κ1) is 14.8. The molecule has 0 radical (unpaired) electrons. The number of hydrogen-bond donors (Lipinski definition) is 3. The molecular formula is C15H24N4O. The molecule has 1 aliphatic carbocycles. The molecular weight excluding hydrogens is 252 g/mol. The molecule has 1 saturated carbocycles. The normalized spacial score (nSPS) is 22.2. The van der Waals surface area contributed by atoms with Crippen LogP contribution in [0.4, 0.5) is 5.82 Å². The van der Waals surface area contributed by atoms with E-state index in [1.54, 1.807) is 6.20 Å². The van der Waals surface area contributed by atoms with Crippen molar-refractivity contribution in [3.05, 3.63) is 24.4 Å². The lowest BCUT2D eigenvalue weighted by molar-refractivity contribution is -0.126. The third kappa shape index (κ3) is 4.81. The third-order valence-electron chi connectivity index (χ3n) is 3.71. The second-order valence-electron chi connectivity index (χ2n) is 5.41. The van der Waals surface area contributed by atoms with Crippen molar-refractivity contribution in [3.63, 3.8) is 0 Å². The van der Waals surface area contributed by atoms with Gasteiger partial charge in [0, 0.05) is 31.2 Å². The molecule has 110 valence electrons. The molecule has 5 heteroatoms. The van der Waals surface area contributed by atoms with E-state index in [1.165, 1.54) is 0 Å². The molecule has 4 N–H and O–H groups in total. The van der Waals surface area contributed by atoms with Crippen LogP contribution >= 0.6 is 0 Å². The number of carbonyl (C=O) groups excluding carboxylic acids is 1. The van der Waals surface area contributed by atoms with Gasteiger partial charge in [0.05, 0.1) is 0 Å². The van der Waals surface area contributed by atoms with Gasteiger partial charge in [-0.3, -0.25) is 4.79 Å². The quantitative estimate of drug-likeness (QED) is 0.688. The van der Waals surface area contributed by atoms with E-state index in [2.05, 4.69) is 15.6 Å². The Morgan fingerprint density at radius 1 is 1.35 bits per heavy atom. The molecule has 0 spiro atoms. The minimum absolute atomic E-state index is 0.113. The first-order valence-corrected chi connectivity index (χ1v) is 7.44. The molecule has 2 rings (SSSR count). The zero-order valence-electron chi connectivity index (χ0n) is 11.8. The van der Waals surface area contributed by atoms with Crippen molar-refractivity contribution in [2.24, 2.45) is 11.7 Å². The molecule has 5 nitrogen and oxygen atoms in total. The van der Waals surface area contributed by atoms with Gasteiger partial charge in [0.1, 0.15) is 5.82 Å². The van der Waals surface area contributed by atoms with E-state index in [4.69, 9.17) is 5.73 Å². The summed E-state index contributed by atoms with van der Waals surface area (Å²) in [6.45, 7) is 1.51. The van der Waals surface area contributed by atoms with Gasteiger partial charge in [0.15, 0.2) is 0 Å². The van der Waals surface area contributed by atoms with E-state index in [-0.39, 0.29) is 17.9 Å². The summed E-state index contributed by atoms with van der Waals surface area (Å²) in [6, 6.07) is 5.97. The topological polar surface area (TPSA) is 80.0 Å². The van der Waals surface area contributed by atoms with Crippen LogP contribution in [0.2, 0.25) is 0 Å². The molecule has 20 heavy (non-hydrogen) atoms. The molecule has 1 heterocycles. The van der Waals surface area contributed by atoms with E-state index in [0.717, 1.165) is 44.5 Å². The molecule has 1 aromatic heterocycles. The Morgan fingerprint density at radius 3 is 3.00 bits per heavy atom. The summed E-state index contributed by atoms with van der Waals surface area (Å²) in [5.41, 5.74) is 5.91. The van der Waals surface area contributed by atoms with Gasteiger partial charge >= 0.3 is 0 Å². The van der Waals surface area contributed by atoms with Crippen molar-refractivity contribution < 1.29 is 4.79 Å². The molecule has 1 amide bonds. The lowest BCUT2D eigenvalue weighted by Gasteiger charge is -2.25. The number of anilines is 1. The van der Waals surface area contributed by atoms with Crippen LogP contribution in [0.3, 0.4) is 0 Å². The number of hydrogen-bond acceptors (Lipinski definition) is 4. The molecule has 1 aliphatic rings. The summed E-state index contributed by atoms with van der Waals surface area (Å²) < 4.78 is 0. The highest BCUT2D eigenvalue weighted by atomic mass is 16.1. The Balaban J connectivity index is 1.57. The zero-order valence-corrected chi connectivity index (χ0v) is 11.8. The lowest BCUT2D eigenvalue weighted by Crippen LogP contribution is -2.38. The average molecular weight is 276 g/mol. The van der Waals surface area contributed by atoms with Crippen molar-refractivity contribution in [1.82, 2.24) is 10.3 Å². The maximum Gasteiger partial charge on any atom is 0.223 e. The molecule has 1 aromatic rings. The molecule has 2 unspecified atom stereocenters. The Bertz CT molecular complexity index is 410. The van der Waals surface area contributed by atoms with Gasteiger partial charge in [-0.2, -0.15) is 0 Å². The molecule has 0 aromatic carbocycles. The number of pyridine rings is 1. The predicted octanol–water partition coefficient (Wildman–Crippen LogP) is 1.52. The first-order chi connectivity index (χ1) is 9.75. The van der Waals surface area contributed by atoms with Crippen molar-refractivity contribution in [2.75, 3.05) is 18.4 Å². The van der Waals surface area contributed by atoms with Gasteiger partial charge in [-0.1, -0.05) is 12.5 Å². The monoisotopic (exact) mass is 276 g/mol. The van der Waals surface area contributed by atoms with Gasteiger partial charge in [-0.25, -0.2) is 4.98 Å². The fraction of sp³-hybridized carbons (Fsp3) is 0.600. The van der Waals surface area contributed by atoms with Gasteiger partial charge in [0.25, 0.3) is 0 Å². The average Bonchev–Trinajstić information content (AvgIpc) is 2.48. The van der Waals surface area contributed by atoms with Crippen LogP contribution in [0.1, 0.15) is 32.1 Å². The largest absolute Gasteiger partial charge is 0.370 e. The van der Waals surface area contributed by atoms with Crippen LogP contribution < -0.4 is 16.4 Å². The minimum atomic E-state index is 0.113. The molecule has 2 atom stereocenters. The van der Waals surface area contributed by atoms with E-state index in [0.29, 0.717) is 6.54 Å². The van der Waals surface area contributed by atoms with Crippen LogP contribution in [-0.2, 0) is 4.79 Å². The number of amides is 1. The van der Waals surface area contributed by atoms with Crippen molar-refractivity contribution >= 4 is 11.7 Å². The summed E-state index contributed by atoms with van der Waals surface area (Å²) in [7, 11) is 0. The van der Waals surface area contributed by atoms with E-state index in [9.17, 15) is 4.79 Å². The number of nitrogens with one attached hydrogen (secondary N) is 2. The van der Waals surface area contributed by atoms with E-state index >= 15 is 0 Å². The van der Waals surface area contributed by atoms with Gasteiger partial charge in [-0.15, -0.1) is 0 Å². The summed E-state index contributed by atoms with van der Waals surface area (Å²) in [6.07, 6.45) is 6.58. The highest BCUT2D eigenvalue weighted by Crippen LogP contribution is 2.22. The molecule has 1 fully saturated rings. The van der Waals surface area contributed by atoms with Crippen LogP contribution in [-0.4, -0.2) is 30.0 Å². The smallest absolute Gasteiger partial charge is 0.223 e. The third-order valence-corrected chi connectivity index (χ3v) is 3.71. The van der Waals surface area contributed by atoms with E-state index in [1.807, 2.05) is 18.2 Å². The molecule has 0 aliphatic heterocycles. The Kier molecular flexibility index (Phi) is 5.80. The van der Waals surface area contributed by atoms with Gasteiger partial charge in [-0.05, 0) is 37.8 Å². The maximum absolute atomic E-state index is 12.0. The maximum atomic E-state index is 12.0. The summed E-state index contributed by atoms with van der Waals surface area (Å²) in [4.78, 5) is 16.2. The molecule has 0 bridgehead atoms. The van der Waals surface area contributed by atoms with Crippen molar-refractivity contribution in [3.8, 4) is 0 Å². The first-order valence-electron chi connectivity index (χ1n) is 7.44.